The maximum Gasteiger partial charge on any atom is 0.410 e. The Bertz CT molecular complexity index is 2220. The maximum atomic E-state index is 14.2. The highest BCUT2D eigenvalue weighted by atomic mass is 19.1. The minimum atomic E-state index is -1.49. The summed E-state index contributed by atoms with van der Waals surface area (Å²) < 4.78 is 40.7. The number of aliphatic hydroxyl groups is 2. The summed E-state index contributed by atoms with van der Waals surface area (Å²) in [4.78, 5) is 22.0. The molecule has 0 spiro atoms. The number of unbranched alkanes of at least 4 members (excludes halogenated alkanes) is 2. The SMILES string of the molecule is C=CCOC12Oc3ccc(Oc4ccc(-c5ccccc5)cc4)cc3C3C(CCCCO)C(CCCCO)C=C(C(=NOC(C)(C)C)CC1N(Cc1ccc(F)cc1)C(=O)OC)C32. The molecule has 4 aromatic rings. The summed E-state index contributed by atoms with van der Waals surface area (Å²) in [5, 5.41) is 24.8. The fraction of sp³-hybridized carbons (Fsp3) is 0.423. The number of methoxy groups -OCH3 is 1. The molecule has 10 nitrogen and oxygen atoms in total. The zero-order valence-electron chi connectivity index (χ0n) is 36.9. The molecule has 0 saturated heterocycles. The number of nitrogens with zero attached hydrogens (tertiary/aromatic N) is 2. The molecule has 0 bridgehead atoms. The third-order valence-corrected chi connectivity index (χ3v) is 12.3. The Morgan fingerprint density at radius 2 is 1.60 bits per heavy atom. The van der Waals surface area contributed by atoms with Gasteiger partial charge in [-0.25, -0.2) is 9.18 Å². The molecule has 11 heteroatoms. The summed E-state index contributed by atoms with van der Waals surface area (Å²) >= 11 is 0. The minimum Gasteiger partial charge on any atom is -0.459 e. The topological polar surface area (TPSA) is 119 Å². The van der Waals surface area contributed by atoms with Crippen molar-refractivity contribution in [3.63, 3.8) is 0 Å². The Kier molecular flexibility index (Phi) is 14.7. The van der Waals surface area contributed by atoms with Crippen LogP contribution in [0, 0.1) is 23.6 Å². The minimum absolute atomic E-state index is 0.0194. The maximum absolute atomic E-state index is 14.2. The monoisotopic (exact) mass is 860 g/mol. The third-order valence-electron chi connectivity index (χ3n) is 12.3. The number of benzene rings is 4. The highest BCUT2D eigenvalue weighted by Gasteiger charge is 2.65. The molecule has 4 aromatic carbocycles. The van der Waals surface area contributed by atoms with Crippen molar-refractivity contribution in [2.24, 2.45) is 22.9 Å². The first-order valence-corrected chi connectivity index (χ1v) is 22.2. The van der Waals surface area contributed by atoms with Gasteiger partial charge < -0.3 is 34.0 Å². The molecule has 1 saturated carbocycles. The molecule has 1 amide bonds. The molecule has 0 aromatic heterocycles. The molecule has 2 N–H and O–H groups in total. The van der Waals surface area contributed by atoms with E-state index in [9.17, 15) is 19.4 Å². The van der Waals surface area contributed by atoms with E-state index in [1.165, 1.54) is 19.2 Å². The molecule has 6 unspecified atom stereocenters. The Morgan fingerprint density at radius 1 is 0.921 bits per heavy atom. The van der Waals surface area contributed by atoms with Crippen LogP contribution < -0.4 is 9.47 Å². The lowest BCUT2D eigenvalue weighted by Gasteiger charge is -2.59. The lowest BCUT2D eigenvalue weighted by Crippen LogP contribution is -2.70. The first-order valence-electron chi connectivity index (χ1n) is 22.2. The third kappa shape index (κ3) is 10.3. The van der Waals surface area contributed by atoms with Gasteiger partial charge in [-0.05, 0) is 123 Å². The Morgan fingerprint density at radius 3 is 2.27 bits per heavy atom. The first-order chi connectivity index (χ1) is 30.5. The second-order valence-corrected chi connectivity index (χ2v) is 17.7. The zero-order valence-corrected chi connectivity index (χ0v) is 36.9. The average Bonchev–Trinajstić information content (AvgIpc) is 3.28. The number of oxime groups is 1. The van der Waals surface area contributed by atoms with Crippen LogP contribution in [0.4, 0.5) is 9.18 Å². The molecule has 3 aliphatic rings. The summed E-state index contributed by atoms with van der Waals surface area (Å²) in [7, 11) is 1.34. The van der Waals surface area contributed by atoms with Crippen molar-refractivity contribution < 1.29 is 43.2 Å². The van der Waals surface area contributed by atoms with Crippen molar-refractivity contribution in [1.29, 1.82) is 0 Å². The van der Waals surface area contributed by atoms with Crippen molar-refractivity contribution in [1.82, 2.24) is 4.90 Å². The first kappa shape index (κ1) is 45.5. The van der Waals surface area contributed by atoms with Crippen LogP contribution in [-0.2, 0) is 20.9 Å². The second-order valence-electron chi connectivity index (χ2n) is 17.7. The summed E-state index contributed by atoms with van der Waals surface area (Å²) in [5.74, 6) is -0.680. The lowest BCUT2D eigenvalue weighted by molar-refractivity contribution is -0.256. The Balaban J connectivity index is 1.42. The number of hydrogen-bond acceptors (Lipinski definition) is 9. The smallest absolute Gasteiger partial charge is 0.410 e. The standard InChI is InChI=1S/C52H61FN2O8/c1-6-30-60-52-47(55(50(58)59-5)34-35-18-22-39(53)23-19-35)33-45(54-63-51(2,3)4)43-31-38(16-10-12-28-56)42(17-11-13-29-57)48(49(43)52)44-32-41(26-27-46(44)62-52)61-40-24-20-37(21-25-40)36-14-8-7-9-15-36/h6-9,14-15,18-27,31-32,38,42,47-49,56-57H,1,10-13,16-17,28-30,33-34H2,2-5H3. The zero-order chi connectivity index (χ0) is 44.6. The van der Waals surface area contributed by atoms with Gasteiger partial charge in [-0.2, -0.15) is 0 Å². The molecule has 7 rings (SSSR count). The van der Waals surface area contributed by atoms with E-state index in [2.05, 4.69) is 30.9 Å². The van der Waals surface area contributed by atoms with Crippen molar-refractivity contribution in [3.05, 3.63) is 138 Å². The van der Waals surface area contributed by atoms with Crippen LogP contribution in [0.25, 0.3) is 11.1 Å². The molecule has 1 heterocycles. The van der Waals surface area contributed by atoms with Gasteiger partial charge in [-0.1, -0.05) is 84.7 Å². The van der Waals surface area contributed by atoms with Crippen LogP contribution >= 0.6 is 0 Å². The van der Waals surface area contributed by atoms with Crippen LogP contribution in [0.3, 0.4) is 0 Å². The van der Waals surface area contributed by atoms with Crippen LogP contribution in [0.2, 0.25) is 0 Å². The van der Waals surface area contributed by atoms with Gasteiger partial charge >= 0.3 is 6.09 Å². The van der Waals surface area contributed by atoms with Gasteiger partial charge in [0.05, 0.1) is 25.3 Å². The number of halogens is 1. The van der Waals surface area contributed by atoms with E-state index in [0.717, 1.165) is 47.9 Å². The van der Waals surface area contributed by atoms with E-state index in [0.29, 0.717) is 41.4 Å². The number of fused-ring (bicyclic) bond motifs is 2. The Labute approximate surface area is 371 Å². The van der Waals surface area contributed by atoms with E-state index >= 15 is 0 Å². The van der Waals surface area contributed by atoms with E-state index < -0.39 is 29.4 Å². The van der Waals surface area contributed by atoms with E-state index in [1.807, 2.05) is 75.4 Å². The predicted octanol–water partition coefficient (Wildman–Crippen LogP) is 11.0. The van der Waals surface area contributed by atoms with Crippen molar-refractivity contribution in [2.45, 2.75) is 95.6 Å². The number of carbonyl (C=O) groups excluding carboxylic acids is 1. The molecule has 63 heavy (non-hydrogen) atoms. The van der Waals surface area contributed by atoms with E-state index in [-0.39, 0.29) is 56.4 Å². The van der Waals surface area contributed by atoms with Gasteiger partial charge in [0, 0.05) is 37.7 Å². The average molecular weight is 861 g/mol. The highest BCUT2D eigenvalue weighted by molar-refractivity contribution is 6.03. The van der Waals surface area contributed by atoms with E-state index in [1.54, 1.807) is 23.1 Å². The Hall–Kier alpha value is -5.49. The predicted molar refractivity (Wildman–Crippen MR) is 242 cm³/mol. The van der Waals surface area contributed by atoms with Gasteiger partial charge in [0.1, 0.15) is 34.7 Å². The molecule has 1 fully saturated rings. The summed E-state index contributed by atoms with van der Waals surface area (Å²) in [6.45, 7) is 10.2. The number of ether oxygens (including phenoxy) is 4. The molecule has 1 aliphatic heterocycles. The van der Waals surface area contributed by atoms with Crippen molar-refractivity contribution >= 4 is 11.8 Å². The number of hydrogen-bond donors (Lipinski definition) is 2. The molecular weight excluding hydrogens is 800 g/mol. The normalized spacial score (nSPS) is 23.1. The number of amides is 1. The van der Waals surface area contributed by atoms with Gasteiger partial charge in [0.25, 0.3) is 0 Å². The van der Waals surface area contributed by atoms with Crippen LogP contribution in [-0.4, -0.2) is 71.3 Å². The van der Waals surface area contributed by atoms with E-state index in [4.69, 9.17) is 28.9 Å². The fourth-order valence-corrected chi connectivity index (χ4v) is 9.59. The fourth-order valence-electron chi connectivity index (χ4n) is 9.59. The van der Waals surface area contributed by atoms with Crippen LogP contribution in [0.15, 0.2) is 127 Å². The van der Waals surface area contributed by atoms with Gasteiger partial charge in [-0.15, -0.1) is 6.58 Å². The molecule has 6 atom stereocenters. The number of rotatable bonds is 18. The lowest BCUT2D eigenvalue weighted by atomic mass is 9.55. The summed E-state index contributed by atoms with van der Waals surface area (Å²) in [6, 6.07) is 29.3. The highest BCUT2D eigenvalue weighted by Crippen LogP contribution is 2.62. The van der Waals surface area contributed by atoms with Gasteiger partial charge in [0.2, 0.25) is 5.79 Å². The summed E-state index contributed by atoms with van der Waals surface area (Å²) in [5.41, 5.74) is 4.76. The summed E-state index contributed by atoms with van der Waals surface area (Å²) in [6.07, 6.45) is 8.05. The molecule has 334 valence electrons. The second kappa shape index (κ2) is 20.3. The van der Waals surface area contributed by atoms with Gasteiger partial charge in [-0.3, -0.25) is 4.90 Å². The molecule has 0 radical (unpaired) electrons. The van der Waals surface area contributed by atoms with Crippen molar-refractivity contribution in [2.75, 3.05) is 26.9 Å². The number of allylic oxidation sites excluding steroid dienone is 1. The largest absolute Gasteiger partial charge is 0.459 e. The number of aliphatic hydroxyl groups excluding tert-OH is 2. The quantitative estimate of drug-likeness (QED) is 0.0577. The van der Waals surface area contributed by atoms with Crippen molar-refractivity contribution in [3.8, 4) is 28.4 Å². The van der Waals surface area contributed by atoms with Gasteiger partial charge in [0.15, 0.2) is 0 Å². The molecule has 2 aliphatic carbocycles. The number of carbonyl (C=O) groups is 1. The molecular formula is C52H61FN2O8. The van der Waals surface area contributed by atoms with Crippen LogP contribution in [0.5, 0.6) is 17.2 Å². The van der Waals surface area contributed by atoms with Crippen LogP contribution in [0.1, 0.15) is 82.8 Å².